The van der Waals surface area contributed by atoms with Crippen LogP contribution in [0.15, 0.2) is 18.2 Å². The summed E-state index contributed by atoms with van der Waals surface area (Å²) >= 11 is 0. The van der Waals surface area contributed by atoms with Gasteiger partial charge in [0.15, 0.2) is 17.3 Å². The van der Waals surface area contributed by atoms with Gasteiger partial charge in [-0.1, -0.05) is 26.2 Å². The molecule has 2 heterocycles. The molecule has 8 heteroatoms. The van der Waals surface area contributed by atoms with E-state index in [1.54, 1.807) is 4.68 Å². The van der Waals surface area contributed by atoms with Gasteiger partial charge in [-0.05, 0) is 35.4 Å². The maximum Gasteiger partial charge on any atom is 0.231 e. The van der Waals surface area contributed by atoms with Crippen LogP contribution >= 0.6 is 0 Å². The molecular weight excluding hydrogens is 334 g/mol. The van der Waals surface area contributed by atoms with Gasteiger partial charge in [0.2, 0.25) is 12.7 Å². The highest BCUT2D eigenvalue weighted by Gasteiger charge is 2.44. The van der Waals surface area contributed by atoms with E-state index < -0.39 is 5.54 Å². The van der Waals surface area contributed by atoms with Gasteiger partial charge in [-0.25, -0.2) is 0 Å². The summed E-state index contributed by atoms with van der Waals surface area (Å²) < 4.78 is 12.6. The fraction of sp³-hybridized carbons (Fsp3) is 0.556. The number of rotatable bonds is 4. The molecule has 0 saturated heterocycles. The SMILES string of the molecule is CCC(=O)N(C)C1(c2nnnn2-c2ccc3c(c2)OCO3)CCCCC1. The summed E-state index contributed by atoms with van der Waals surface area (Å²) in [4.78, 5) is 14.4. The van der Waals surface area contributed by atoms with E-state index in [0.29, 0.717) is 23.7 Å². The van der Waals surface area contributed by atoms with E-state index in [2.05, 4.69) is 15.5 Å². The Labute approximate surface area is 152 Å². The van der Waals surface area contributed by atoms with Crippen molar-refractivity contribution in [3.8, 4) is 17.2 Å². The molecule has 4 rings (SSSR count). The number of tetrazole rings is 1. The van der Waals surface area contributed by atoms with Crippen molar-refractivity contribution in [3.05, 3.63) is 24.0 Å². The molecule has 8 nitrogen and oxygen atoms in total. The Balaban J connectivity index is 1.79. The second kappa shape index (κ2) is 6.59. The average molecular weight is 357 g/mol. The normalized spacial score (nSPS) is 17.9. The first-order chi connectivity index (χ1) is 12.7. The summed E-state index contributed by atoms with van der Waals surface area (Å²) in [5.41, 5.74) is 0.321. The number of amides is 1. The molecule has 2 aromatic rings. The number of carbonyl (C=O) groups excluding carboxylic acids is 1. The Morgan fingerprint density at radius 1 is 1.23 bits per heavy atom. The van der Waals surface area contributed by atoms with Crippen molar-refractivity contribution in [3.63, 3.8) is 0 Å². The van der Waals surface area contributed by atoms with Crippen LogP contribution in [0.1, 0.15) is 51.3 Å². The number of carbonyl (C=O) groups is 1. The number of hydrogen-bond acceptors (Lipinski definition) is 6. The third-order valence-electron chi connectivity index (χ3n) is 5.49. The first-order valence-electron chi connectivity index (χ1n) is 9.11. The summed E-state index contributed by atoms with van der Waals surface area (Å²) in [5.74, 6) is 2.21. The standard InChI is InChI=1S/C18H23N5O3/c1-3-16(24)22(2)18(9-5-4-6-10-18)17-19-20-21-23(17)13-7-8-14-15(11-13)26-12-25-14/h7-8,11H,3-6,9-10,12H2,1-2H3. The average Bonchev–Trinajstić information content (AvgIpc) is 3.36. The zero-order valence-electron chi connectivity index (χ0n) is 15.1. The quantitative estimate of drug-likeness (QED) is 0.836. The van der Waals surface area contributed by atoms with E-state index in [1.165, 1.54) is 6.42 Å². The first-order valence-corrected chi connectivity index (χ1v) is 9.11. The van der Waals surface area contributed by atoms with Gasteiger partial charge in [0.25, 0.3) is 0 Å². The molecular formula is C18H23N5O3. The second-order valence-electron chi connectivity index (χ2n) is 6.85. The number of hydrogen-bond donors (Lipinski definition) is 0. The third-order valence-corrected chi connectivity index (χ3v) is 5.49. The minimum absolute atomic E-state index is 0.104. The highest BCUT2D eigenvalue weighted by atomic mass is 16.7. The Hall–Kier alpha value is -2.64. The summed E-state index contributed by atoms with van der Waals surface area (Å²) in [7, 11) is 1.87. The lowest BCUT2D eigenvalue weighted by molar-refractivity contribution is -0.137. The van der Waals surface area contributed by atoms with Crippen molar-refractivity contribution in [1.29, 1.82) is 0 Å². The Kier molecular flexibility index (Phi) is 4.26. The van der Waals surface area contributed by atoms with Crippen LogP contribution in [0, 0.1) is 0 Å². The topological polar surface area (TPSA) is 82.4 Å². The van der Waals surface area contributed by atoms with Crippen LogP contribution in [0.25, 0.3) is 5.69 Å². The Morgan fingerprint density at radius 3 is 2.77 bits per heavy atom. The summed E-state index contributed by atoms with van der Waals surface area (Å²) in [5, 5.41) is 12.5. The largest absolute Gasteiger partial charge is 0.454 e. The predicted octanol–water partition coefficient (Wildman–Crippen LogP) is 2.42. The molecule has 1 amide bonds. The van der Waals surface area contributed by atoms with Crippen molar-refractivity contribution < 1.29 is 14.3 Å². The van der Waals surface area contributed by atoms with Gasteiger partial charge < -0.3 is 14.4 Å². The van der Waals surface area contributed by atoms with Crippen LogP contribution in [0.4, 0.5) is 0 Å². The summed E-state index contributed by atoms with van der Waals surface area (Å²) in [6.07, 6.45) is 5.45. The van der Waals surface area contributed by atoms with Crippen LogP contribution in [-0.4, -0.2) is 44.9 Å². The van der Waals surface area contributed by atoms with Crippen LogP contribution in [0.5, 0.6) is 11.5 Å². The molecule has 1 aromatic carbocycles. The minimum atomic E-state index is -0.481. The van der Waals surface area contributed by atoms with Gasteiger partial charge >= 0.3 is 0 Å². The van der Waals surface area contributed by atoms with Crippen molar-refractivity contribution in [2.45, 2.75) is 51.0 Å². The summed E-state index contributed by atoms with van der Waals surface area (Å²) in [6.45, 7) is 2.11. The molecule has 0 unspecified atom stereocenters. The van der Waals surface area contributed by atoms with Crippen LogP contribution in [0.2, 0.25) is 0 Å². The third kappa shape index (κ3) is 2.60. The molecule has 138 valence electrons. The molecule has 0 atom stereocenters. The van der Waals surface area contributed by atoms with Gasteiger partial charge in [-0.15, -0.1) is 5.10 Å². The number of benzene rings is 1. The zero-order valence-corrected chi connectivity index (χ0v) is 15.1. The van der Waals surface area contributed by atoms with Crippen molar-refractivity contribution >= 4 is 5.91 Å². The van der Waals surface area contributed by atoms with Gasteiger partial charge in [-0.2, -0.15) is 4.68 Å². The van der Waals surface area contributed by atoms with E-state index in [4.69, 9.17) is 9.47 Å². The summed E-state index contributed by atoms with van der Waals surface area (Å²) in [6, 6.07) is 5.64. The molecule has 1 aromatic heterocycles. The van der Waals surface area contributed by atoms with Crippen molar-refractivity contribution in [2.75, 3.05) is 13.8 Å². The van der Waals surface area contributed by atoms with E-state index in [9.17, 15) is 4.79 Å². The van der Waals surface area contributed by atoms with Gasteiger partial charge in [0.05, 0.1) is 5.69 Å². The predicted molar refractivity (Wildman–Crippen MR) is 93.1 cm³/mol. The Bertz CT molecular complexity index is 813. The van der Waals surface area contributed by atoms with Gasteiger partial charge in [0.1, 0.15) is 5.54 Å². The van der Waals surface area contributed by atoms with E-state index in [-0.39, 0.29) is 12.7 Å². The zero-order chi connectivity index (χ0) is 18.1. The number of fused-ring (bicyclic) bond motifs is 1. The van der Waals surface area contributed by atoms with E-state index in [0.717, 1.165) is 31.4 Å². The van der Waals surface area contributed by atoms with Crippen LogP contribution < -0.4 is 9.47 Å². The van der Waals surface area contributed by atoms with Gasteiger partial charge in [0, 0.05) is 19.5 Å². The Morgan fingerprint density at radius 2 is 2.00 bits per heavy atom. The lowest BCUT2D eigenvalue weighted by Crippen LogP contribution is -2.49. The molecule has 0 bridgehead atoms. The number of ether oxygens (including phenoxy) is 2. The molecule has 0 N–H and O–H groups in total. The molecule has 2 aliphatic rings. The van der Waals surface area contributed by atoms with Crippen LogP contribution in [0.3, 0.4) is 0 Å². The van der Waals surface area contributed by atoms with Crippen LogP contribution in [-0.2, 0) is 10.3 Å². The molecule has 1 aliphatic carbocycles. The number of nitrogens with zero attached hydrogens (tertiary/aromatic N) is 5. The van der Waals surface area contributed by atoms with E-state index in [1.807, 2.05) is 37.1 Å². The van der Waals surface area contributed by atoms with Crippen molar-refractivity contribution in [2.24, 2.45) is 0 Å². The maximum atomic E-state index is 12.5. The molecule has 26 heavy (non-hydrogen) atoms. The molecule has 1 saturated carbocycles. The fourth-order valence-electron chi connectivity index (χ4n) is 3.99. The van der Waals surface area contributed by atoms with Crippen molar-refractivity contribution in [1.82, 2.24) is 25.1 Å². The lowest BCUT2D eigenvalue weighted by atomic mass is 9.79. The molecule has 0 spiro atoms. The minimum Gasteiger partial charge on any atom is -0.454 e. The monoisotopic (exact) mass is 357 g/mol. The molecule has 1 aliphatic heterocycles. The second-order valence-corrected chi connectivity index (χ2v) is 6.85. The number of aromatic nitrogens is 4. The van der Waals surface area contributed by atoms with E-state index >= 15 is 0 Å². The molecule has 1 fully saturated rings. The molecule has 0 radical (unpaired) electrons. The highest BCUT2D eigenvalue weighted by molar-refractivity contribution is 5.76. The maximum absolute atomic E-state index is 12.5. The smallest absolute Gasteiger partial charge is 0.231 e. The first kappa shape index (κ1) is 16.8. The lowest BCUT2D eigenvalue weighted by Gasteiger charge is -2.43. The highest BCUT2D eigenvalue weighted by Crippen LogP contribution is 2.42. The fourth-order valence-corrected chi connectivity index (χ4v) is 3.99. The van der Waals surface area contributed by atoms with Gasteiger partial charge in [-0.3, -0.25) is 4.79 Å².